The molecular formula is C61H110O6. The van der Waals surface area contributed by atoms with Crippen molar-refractivity contribution in [3.05, 3.63) is 48.6 Å². The first-order chi connectivity index (χ1) is 33.0. The quantitative estimate of drug-likeness (QED) is 0.0262. The van der Waals surface area contributed by atoms with Crippen LogP contribution in [0.2, 0.25) is 0 Å². The average Bonchev–Trinajstić information content (AvgIpc) is 3.33. The van der Waals surface area contributed by atoms with E-state index in [2.05, 4.69) is 69.4 Å². The summed E-state index contributed by atoms with van der Waals surface area (Å²) >= 11 is 0. The van der Waals surface area contributed by atoms with Gasteiger partial charge in [-0.25, -0.2) is 0 Å². The third-order valence-electron chi connectivity index (χ3n) is 12.8. The molecular weight excluding hydrogens is 829 g/mol. The molecule has 0 saturated carbocycles. The van der Waals surface area contributed by atoms with Crippen LogP contribution in [0.25, 0.3) is 0 Å². The normalized spacial score (nSPS) is 12.3. The lowest BCUT2D eigenvalue weighted by Gasteiger charge is -2.18. The summed E-state index contributed by atoms with van der Waals surface area (Å²) in [7, 11) is 0. The monoisotopic (exact) mass is 939 g/mol. The maximum absolute atomic E-state index is 12.9. The van der Waals surface area contributed by atoms with E-state index in [4.69, 9.17) is 14.2 Å². The second kappa shape index (κ2) is 56.0. The summed E-state index contributed by atoms with van der Waals surface area (Å²) in [5.74, 6) is -0.868. The van der Waals surface area contributed by atoms with Gasteiger partial charge in [0.2, 0.25) is 0 Å². The van der Waals surface area contributed by atoms with Gasteiger partial charge in [0.25, 0.3) is 0 Å². The van der Waals surface area contributed by atoms with Gasteiger partial charge in [0.1, 0.15) is 13.2 Å². The van der Waals surface area contributed by atoms with Crippen LogP contribution in [0.1, 0.15) is 303 Å². The topological polar surface area (TPSA) is 78.9 Å². The molecule has 0 unspecified atom stereocenters. The lowest BCUT2D eigenvalue weighted by molar-refractivity contribution is -0.167. The largest absolute Gasteiger partial charge is 0.462 e. The number of esters is 3. The Morgan fingerprint density at radius 1 is 0.299 bits per heavy atom. The van der Waals surface area contributed by atoms with Gasteiger partial charge in [0, 0.05) is 19.3 Å². The maximum atomic E-state index is 12.9. The molecule has 0 bridgehead atoms. The SMILES string of the molecule is CCCCC/C=C\C/C=C\CCCCCCCCCCCC(=O)OC[C@@H](COC(=O)CCCCCCCCCCCCC)OC(=O)CCCCCCCCCCC/C=C\C/C=C\CCCCC. The molecule has 390 valence electrons. The summed E-state index contributed by atoms with van der Waals surface area (Å²) in [4.78, 5) is 38.1. The van der Waals surface area contributed by atoms with Crippen LogP contribution in [-0.4, -0.2) is 37.2 Å². The van der Waals surface area contributed by atoms with Gasteiger partial charge in [-0.05, 0) is 83.5 Å². The van der Waals surface area contributed by atoms with Crippen LogP contribution < -0.4 is 0 Å². The van der Waals surface area contributed by atoms with Crippen LogP contribution in [0.5, 0.6) is 0 Å². The molecule has 0 aliphatic carbocycles. The lowest BCUT2D eigenvalue weighted by atomic mass is 10.1. The predicted octanol–water partition coefficient (Wildman–Crippen LogP) is 19.4. The molecule has 0 N–H and O–H groups in total. The molecule has 0 saturated heterocycles. The van der Waals surface area contributed by atoms with Crippen LogP contribution in [0, 0.1) is 0 Å². The third-order valence-corrected chi connectivity index (χ3v) is 12.8. The second-order valence-electron chi connectivity index (χ2n) is 19.6. The fraction of sp³-hybridized carbons (Fsp3) is 0.820. The molecule has 0 heterocycles. The average molecular weight is 940 g/mol. The number of hydrogen-bond donors (Lipinski definition) is 0. The van der Waals surface area contributed by atoms with Crippen LogP contribution in [0.3, 0.4) is 0 Å². The molecule has 6 nitrogen and oxygen atoms in total. The van der Waals surface area contributed by atoms with Gasteiger partial charge in [0.15, 0.2) is 6.10 Å². The van der Waals surface area contributed by atoms with E-state index in [1.54, 1.807) is 0 Å². The summed E-state index contributed by atoms with van der Waals surface area (Å²) < 4.78 is 16.9. The Balaban J connectivity index is 4.31. The van der Waals surface area contributed by atoms with Crippen molar-refractivity contribution >= 4 is 17.9 Å². The van der Waals surface area contributed by atoms with E-state index in [0.29, 0.717) is 19.3 Å². The van der Waals surface area contributed by atoms with Crippen molar-refractivity contribution in [1.29, 1.82) is 0 Å². The first-order valence-electron chi connectivity index (χ1n) is 29.1. The molecule has 0 aromatic carbocycles. The minimum Gasteiger partial charge on any atom is -0.462 e. The Bertz CT molecular complexity index is 1170. The first kappa shape index (κ1) is 64.4. The molecule has 0 amide bonds. The number of allylic oxidation sites excluding steroid dienone is 8. The number of carbonyl (C=O) groups is 3. The van der Waals surface area contributed by atoms with Gasteiger partial charge >= 0.3 is 17.9 Å². The second-order valence-corrected chi connectivity index (χ2v) is 19.6. The van der Waals surface area contributed by atoms with E-state index in [9.17, 15) is 14.4 Å². The number of ether oxygens (including phenoxy) is 3. The smallest absolute Gasteiger partial charge is 0.306 e. The van der Waals surface area contributed by atoms with E-state index in [1.165, 1.54) is 193 Å². The molecule has 67 heavy (non-hydrogen) atoms. The van der Waals surface area contributed by atoms with Crippen molar-refractivity contribution in [2.24, 2.45) is 0 Å². The summed E-state index contributed by atoms with van der Waals surface area (Å²) in [6.07, 6.45) is 68.1. The Hall–Kier alpha value is -2.63. The third kappa shape index (κ3) is 54.2. The van der Waals surface area contributed by atoms with E-state index in [0.717, 1.165) is 70.6 Å². The molecule has 0 aliphatic heterocycles. The molecule has 0 fully saturated rings. The zero-order chi connectivity index (χ0) is 48.6. The zero-order valence-corrected chi connectivity index (χ0v) is 44.7. The van der Waals surface area contributed by atoms with Crippen LogP contribution in [-0.2, 0) is 28.6 Å². The van der Waals surface area contributed by atoms with E-state index in [-0.39, 0.29) is 31.1 Å². The van der Waals surface area contributed by atoms with Gasteiger partial charge in [-0.1, -0.05) is 249 Å². The highest BCUT2D eigenvalue weighted by atomic mass is 16.6. The maximum Gasteiger partial charge on any atom is 0.306 e. The zero-order valence-electron chi connectivity index (χ0n) is 44.7. The fourth-order valence-corrected chi connectivity index (χ4v) is 8.39. The van der Waals surface area contributed by atoms with E-state index in [1.807, 2.05) is 0 Å². The molecule has 0 radical (unpaired) electrons. The van der Waals surface area contributed by atoms with Crippen molar-refractivity contribution in [2.45, 2.75) is 309 Å². The van der Waals surface area contributed by atoms with Gasteiger partial charge in [-0.2, -0.15) is 0 Å². The van der Waals surface area contributed by atoms with Gasteiger partial charge in [0.05, 0.1) is 0 Å². The van der Waals surface area contributed by atoms with Crippen LogP contribution >= 0.6 is 0 Å². The van der Waals surface area contributed by atoms with Gasteiger partial charge in [-0.15, -0.1) is 0 Å². The van der Waals surface area contributed by atoms with E-state index < -0.39 is 6.10 Å². The molecule has 1 atom stereocenters. The lowest BCUT2D eigenvalue weighted by Crippen LogP contribution is -2.30. The molecule has 0 aromatic rings. The first-order valence-corrected chi connectivity index (χ1v) is 29.1. The van der Waals surface area contributed by atoms with Crippen LogP contribution in [0.15, 0.2) is 48.6 Å². The molecule has 6 heteroatoms. The Labute approximate surface area is 416 Å². The van der Waals surface area contributed by atoms with Crippen molar-refractivity contribution in [1.82, 2.24) is 0 Å². The molecule has 0 aromatic heterocycles. The van der Waals surface area contributed by atoms with Crippen molar-refractivity contribution < 1.29 is 28.6 Å². The summed E-state index contributed by atoms with van der Waals surface area (Å²) in [5.41, 5.74) is 0. The van der Waals surface area contributed by atoms with E-state index >= 15 is 0 Å². The van der Waals surface area contributed by atoms with Gasteiger partial charge in [-0.3, -0.25) is 14.4 Å². The Morgan fingerprint density at radius 2 is 0.537 bits per heavy atom. The van der Waals surface area contributed by atoms with Gasteiger partial charge < -0.3 is 14.2 Å². The van der Waals surface area contributed by atoms with Crippen molar-refractivity contribution in [3.8, 4) is 0 Å². The Morgan fingerprint density at radius 3 is 0.851 bits per heavy atom. The Kier molecular flexibility index (Phi) is 53.8. The molecule has 0 spiro atoms. The standard InChI is InChI=1S/C61H110O6/c1-4-7-10-13-16-19-22-24-26-28-30-32-34-36-39-42-45-48-51-54-60(63)66-57-58(56-65-59(62)53-50-47-44-41-38-21-18-15-12-9-6-3)67-61(64)55-52-49-46-43-40-37-35-33-31-29-27-25-23-20-17-14-11-8-5-2/h16-17,19-20,24-27,58H,4-15,18,21-23,28-57H2,1-3H3/b19-16-,20-17-,26-24-,27-25-/t58-/m1/s1. The number of hydrogen-bond acceptors (Lipinski definition) is 6. The number of rotatable bonds is 53. The van der Waals surface area contributed by atoms with Crippen LogP contribution in [0.4, 0.5) is 0 Å². The highest BCUT2D eigenvalue weighted by molar-refractivity contribution is 5.71. The molecule has 0 rings (SSSR count). The highest BCUT2D eigenvalue weighted by Gasteiger charge is 2.19. The molecule has 0 aliphatic rings. The number of carbonyl (C=O) groups excluding carboxylic acids is 3. The van der Waals surface area contributed by atoms with Crippen molar-refractivity contribution in [3.63, 3.8) is 0 Å². The minimum atomic E-state index is -0.774. The summed E-state index contributed by atoms with van der Waals surface area (Å²) in [6, 6.07) is 0. The predicted molar refractivity (Wildman–Crippen MR) is 289 cm³/mol. The summed E-state index contributed by atoms with van der Waals surface area (Å²) in [6.45, 7) is 6.61. The highest BCUT2D eigenvalue weighted by Crippen LogP contribution is 2.16. The minimum absolute atomic E-state index is 0.0732. The summed E-state index contributed by atoms with van der Waals surface area (Å²) in [5, 5.41) is 0. The fourth-order valence-electron chi connectivity index (χ4n) is 8.39. The van der Waals surface area contributed by atoms with Crippen molar-refractivity contribution in [2.75, 3.05) is 13.2 Å². The number of unbranched alkanes of at least 4 members (excludes halogenated alkanes) is 34.